The first kappa shape index (κ1) is 15.4. The molecule has 0 spiro atoms. The van der Waals surface area contributed by atoms with Crippen molar-refractivity contribution in [2.45, 2.75) is 13.2 Å². The van der Waals surface area contributed by atoms with Crippen LogP contribution in [0, 0.1) is 5.82 Å². The molecule has 0 saturated heterocycles. The molecule has 2 nitrogen and oxygen atoms in total. The Balaban J connectivity index is 2.20. The summed E-state index contributed by atoms with van der Waals surface area (Å²) in [4.78, 5) is 0. The number of benzene rings is 2. The van der Waals surface area contributed by atoms with E-state index in [1.54, 1.807) is 18.2 Å². The van der Waals surface area contributed by atoms with Crippen LogP contribution in [0.2, 0.25) is 15.1 Å². The summed E-state index contributed by atoms with van der Waals surface area (Å²) in [6.45, 7) is 0.396. The van der Waals surface area contributed by atoms with E-state index in [4.69, 9.17) is 45.3 Å². The van der Waals surface area contributed by atoms with Crippen molar-refractivity contribution in [3.05, 3.63) is 62.3 Å². The molecular formula is C14H11Cl3FNO. The molecule has 0 amide bonds. The molecule has 106 valence electrons. The van der Waals surface area contributed by atoms with Crippen molar-refractivity contribution in [3.63, 3.8) is 0 Å². The van der Waals surface area contributed by atoms with E-state index < -0.39 is 5.82 Å². The third-order valence-corrected chi connectivity index (χ3v) is 3.48. The molecule has 0 aliphatic rings. The van der Waals surface area contributed by atoms with Gasteiger partial charge in [-0.25, -0.2) is 4.39 Å². The fourth-order valence-corrected chi connectivity index (χ4v) is 2.42. The summed E-state index contributed by atoms with van der Waals surface area (Å²) in [5.74, 6) is -0.0389. The molecule has 2 rings (SSSR count). The van der Waals surface area contributed by atoms with Crippen molar-refractivity contribution in [1.82, 2.24) is 0 Å². The molecule has 2 N–H and O–H groups in total. The van der Waals surface area contributed by atoms with Crippen LogP contribution in [0.15, 0.2) is 30.3 Å². The van der Waals surface area contributed by atoms with Gasteiger partial charge in [0.2, 0.25) is 0 Å². The summed E-state index contributed by atoms with van der Waals surface area (Å²) in [5, 5.41) is 0.925. The molecule has 0 atom stereocenters. The third-order valence-electron chi connectivity index (χ3n) is 2.67. The number of halogens is 4. The maximum absolute atomic E-state index is 13.3. The Labute approximate surface area is 131 Å². The van der Waals surface area contributed by atoms with Gasteiger partial charge in [-0.1, -0.05) is 40.9 Å². The molecule has 0 bridgehead atoms. The smallest absolute Gasteiger partial charge is 0.142 e. The minimum absolute atomic E-state index is 0.0703. The van der Waals surface area contributed by atoms with Gasteiger partial charge in [-0.15, -0.1) is 0 Å². The maximum Gasteiger partial charge on any atom is 0.142 e. The molecule has 0 aliphatic carbocycles. The third kappa shape index (κ3) is 3.55. The largest absolute Gasteiger partial charge is 0.487 e. The monoisotopic (exact) mass is 333 g/mol. The van der Waals surface area contributed by atoms with Gasteiger partial charge in [0.05, 0.1) is 10.0 Å². The highest BCUT2D eigenvalue weighted by atomic mass is 35.5. The van der Waals surface area contributed by atoms with Crippen LogP contribution in [0.25, 0.3) is 0 Å². The average Bonchev–Trinajstić information content (AvgIpc) is 2.40. The lowest BCUT2D eigenvalue weighted by Gasteiger charge is -2.13. The highest BCUT2D eigenvalue weighted by Gasteiger charge is 2.10. The van der Waals surface area contributed by atoms with Crippen LogP contribution >= 0.6 is 34.8 Å². The topological polar surface area (TPSA) is 35.2 Å². The number of hydrogen-bond acceptors (Lipinski definition) is 2. The Kier molecular flexibility index (Phi) is 5.11. The van der Waals surface area contributed by atoms with Crippen LogP contribution in [0.1, 0.15) is 11.1 Å². The predicted octanol–water partition coefficient (Wildman–Crippen LogP) is 4.82. The van der Waals surface area contributed by atoms with E-state index in [9.17, 15) is 4.39 Å². The standard InChI is InChI=1S/C14H11Cl3FNO/c15-10-4-9(6-19)14(12(17)5-10)20-7-8-1-2-11(16)13(18)3-8/h1-5H,6-7,19H2. The van der Waals surface area contributed by atoms with E-state index in [-0.39, 0.29) is 18.2 Å². The van der Waals surface area contributed by atoms with Crippen LogP contribution in [0.5, 0.6) is 5.75 Å². The lowest BCUT2D eigenvalue weighted by molar-refractivity contribution is 0.302. The highest BCUT2D eigenvalue weighted by Crippen LogP contribution is 2.33. The highest BCUT2D eigenvalue weighted by molar-refractivity contribution is 6.35. The fraction of sp³-hybridized carbons (Fsp3) is 0.143. The molecule has 0 aliphatic heterocycles. The van der Waals surface area contributed by atoms with Crippen molar-refractivity contribution in [1.29, 1.82) is 0 Å². The first-order valence-electron chi connectivity index (χ1n) is 5.76. The van der Waals surface area contributed by atoms with Gasteiger partial charge in [0.25, 0.3) is 0 Å². The molecular weight excluding hydrogens is 324 g/mol. The van der Waals surface area contributed by atoms with Gasteiger partial charge in [-0.05, 0) is 29.8 Å². The number of ether oxygens (including phenoxy) is 1. The average molecular weight is 335 g/mol. The Morgan fingerprint density at radius 2 is 1.80 bits per heavy atom. The van der Waals surface area contributed by atoms with Crippen molar-refractivity contribution < 1.29 is 9.13 Å². The Morgan fingerprint density at radius 3 is 2.45 bits per heavy atom. The summed E-state index contributed by atoms with van der Waals surface area (Å²) in [5.41, 5.74) is 6.96. The number of hydrogen-bond donors (Lipinski definition) is 1. The predicted molar refractivity (Wildman–Crippen MR) is 80.1 cm³/mol. The zero-order valence-corrected chi connectivity index (χ0v) is 12.6. The van der Waals surface area contributed by atoms with Crippen LogP contribution in [0.3, 0.4) is 0 Å². The molecule has 0 saturated carbocycles. The zero-order chi connectivity index (χ0) is 14.7. The van der Waals surface area contributed by atoms with Gasteiger partial charge in [-0.2, -0.15) is 0 Å². The normalized spacial score (nSPS) is 10.7. The van der Waals surface area contributed by atoms with E-state index in [0.717, 1.165) is 0 Å². The van der Waals surface area contributed by atoms with E-state index in [1.165, 1.54) is 12.1 Å². The van der Waals surface area contributed by atoms with Crippen LogP contribution in [0.4, 0.5) is 4.39 Å². The lowest BCUT2D eigenvalue weighted by Crippen LogP contribution is -2.04. The molecule has 0 fully saturated rings. The summed E-state index contributed by atoms with van der Waals surface area (Å²) in [6.07, 6.45) is 0. The minimum atomic E-state index is -0.492. The van der Waals surface area contributed by atoms with Crippen LogP contribution < -0.4 is 10.5 Å². The van der Waals surface area contributed by atoms with Gasteiger partial charge in [0, 0.05) is 17.1 Å². The first-order valence-corrected chi connectivity index (χ1v) is 6.89. The van der Waals surface area contributed by atoms with Crippen LogP contribution in [-0.2, 0) is 13.2 Å². The van der Waals surface area contributed by atoms with Crippen molar-refractivity contribution in [3.8, 4) is 5.75 Å². The summed E-state index contributed by atoms with van der Waals surface area (Å²) in [6, 6.07) is 7.72. The Morgan fingerprint density at radius 1 is 1.05 bits per heavy atom. The molecule has 20 heavy (non-hydrogen) atoms. The summed E-state index contributed by atoms with van der Waals surface area (Å²) < 4.78 is 18.9. The molecule has 2 aromatic carbocycles. The van der Waals surface area contributed by atoms with Crippen molar-refractivity contribution in [2.24, 2.45) is 5.73 Å². The fourth-order valence-electron chi connectivity index (χ4n) is 1.71. The second kappa shape index (κ2) is 6.64. The van der Waals surface area contributed by atoms with E-state index in [2.05, 4.69) is 0 Å². The molecule has 0 heterocycles. The van der Waals surface area contributed by atoms with E-state index >= 15 is 0 Å². The summed E-state index contributed by atoms with van der Waals surface area (Å²) in [7, 11) is 0. The zero-order valence-electron chi connectivity index (χ0n) is 10.3. The molecule has 0 aromatic heterocycles. The number of rotatable bonds is 4. The Bertz CT molecular complexity index is 634. The van der Waals surface area contributed by atoms with Gasteiger partial charge in [-0.3, -0.25) is 0 Å². The summed E-state index contributed by atoms with van der Waals surface area (Å²) >= 11 is 17.6. The number of nitrogens with two attached hydrogens (primary N) is 1. The van der Waals surface area contributed by atoms with Crippen molar-refractivity contribution >= 4 is 34.8 Å². The SMILES string of the molecule is NCc1cc(Cl)cc(Cl)c1OCc1ccc(Cl)c(F)c1. The lowest BCUT2D eigenvalue weighted by atomic mass is 10.2. The molecule has 0 radical (unpaired) electrons. The Hall–Kier alpha value is -1.00. The van der Waals surface area contributed by atoms with Crippen molar-refractivity contribution in [2.75, 3.05) is 0 Å². The molecule has 6 heteroatoms. The van der Waals surface area contributed by atoms with Gasteiger partial charge in [0.15, 0.2) is 0 Å². The van der Waals surface area contributed by atoms with E-state index in [1.807, 2.05) is 0 Å². The van der Waals surface area contributed by atoms with Gasteiger partial charge in [0.1, 0.15) is 18.2 Å². The minimum Gasteiger partial charge on any atom is -0.487 e. The molecule has 2 aromatic rings. The maximum atomic E-state index is 13.3. The van der Waals surface area contributed by atoms with Gasteiger partial charge < -0.3 is 10.5 Å². The van der Waals surface area contributed by atoms with Crippen LogP contribution in [-0.4, -0.2) is 0 Å². The van der Waals surface area contributed by atoms with Gasteiger partial charge >= 0.3 is 0 Å². The second-order valence-corrected chi connectivity index (χ2v) is 5.37. The first-order chi connectivity index (χ1) is 9.51. The molecule has 0 unspecified atom stereocenters. The van der Waals surface area contributed by atoms with E-state index in [0.29, 0.717) is 26.9 Å². The second-order valence-electron chi connectivity index (χ2n) is 4.12. The quantitative estimate of drug-likeness (QED) is 0.869.